The number of rotatable bonds is 8. The van der Waals surface area contributed by atoms with Crippen molar-refractivity contribution in [2.24, 2.45) is 0 Å². The van der Waals surface area contributed by atoms with E-state index in [-0.39, 0.29) is 56.3 Å². The molecule has 13 heteroatoms. The Morgan fingerprint density at radius 3 is 1.90 bits per heavy atom. The van der Waals surface area contributed by atoms with E-state index in [1.807, 2.05) is 6.07 Å². The lowest BCUT2D eigenvalue weighted by Crippen LogP contribution is -2.52. The van der Waals surface area contributed by atoms with Gasteiger partial charge in [0.2, 0.25) is 0 Å². The molecular weight excluding hydrogens is 706 g/mol. The number of aromatic nitrogens is 2. The minimum Gasteiger partial charge on any atom is -0.477 e. The van der Waals surface area contributed by atoms with Crippen molar-refractivity contribution in [3.8, 4) is 22.5 Å². The number of aromatic carboxylic acids is 1. The van der Waals surface area contributed by atoms with Gasteiger partial charge in [0, 0.05) is 17.1 Å². The van der Waals surface area contributed by atoms with Crippen LogP contribution in [0.1, 0.15) is 63.5 Å². The topological polar surface area (TPSA) is 122 Å². The number of carboxylic acid groups (broad SMARTS) is 1. The van der Waals surface area contributed by atoms with Gasteiger partial charge < -0.3 is 24.4 Å². The van der Waals surface area contributed by atoms with E-state index >= 15 is 0 Å². The number of nitrogens with one attached hydrogen (secondary N) is 1. The Balaban J connectivity index is 0.000000240. The monoisotopic (exact) mass is 740 g/mol. The first-order valence-corrected chi connectivity index (χ1v) is 17.0. The third-order valence-electron chi connectivity index (χ3n) is 9.14. The van der Waals surface area contributed by atoms with Gasteiger partial charge in [-0.15, -0.1) is 0 Å². The summed E-state index contributed by atoms with van der Waals surface area (Å²) in [5.74, 6) is -1.43. The second-order valence-electron chi connectivity index (χ2n) is 12.5. The summed E-state index contributed by atoms with van der Waals surface area (Å²) in [6, 6.07) is 19.8. The molecule has 0 saturated heterocycles. The lowest BCUT2D eigenvalue weighted by atomic mass is 9.74. The van der Waals surface area contributed by atoms with Crippen LogP contribution in [-0.4, -0.2) is 57.9 Å². The standard InChI is InChI=1S/C26H29ClFN3O2.C11H7Cl2NO3/c1-17-22(24(30-33-17)23-20(27)10-7-11-21(23)28)25(32)29-19-12-14-26(15-13-19,31(2)3)16-18-8-5-4-6-9-18;1-5-8(11(15)16)10(14-17-5)9-6(12)3-2-4-7(9)13/h4-11,19H,12-16H2,1-3H3,(H,29,32);2-4H,1H3,(H,15,16). The molecule has 2 N–H and O–H groups in total. The van der Waals surface area contributed by atoms with Crippen LogP contribution in [0.5, 0.6) is 0 Å². The van der Waals surface area contributed by atoms with Gasteiger partial charge in [-0.3, -0.25) is 4.79 Å². The molecule has 0 atom stereocenters. The highest BCUT2D eigenvalue weighted by Crippen LogP contribution is 2.38. The molecule has 3 aromatic carbocycles. The first-order valence-electron chi connectivity index (χ1n) is 15.9. The van der Waals surface area contributed by atoms with E-state index in [2.05, 4.69) is 58.9 Å². The zero-order valence-electron chi connectivity index (χ0n) is 27.9. The Kier molecular flexibility index (Phi) is 11.7. The Labute approximate surface area is 304 Å². The molecule has 9 nitrogen and oxygen atoms in total. The summed E-state index contributed by atoms with van der Waals surface area (Å²) in [4.78, 5) is 26.6. The van der Waals surface area contributed by atoms with Crippen molar-refractivity contribution in [2.45, 2.75) is 57.5 Å². The van der Waals surface area contributed by atoms with E-state index in [1.165, 1.54) is 24.6 Å². The van der Waals surface area contributed by atoms with E-state index < -0.39 is 11.8 Å². The van der Waals surface area contributed by atoms with Crippen LogP contribution in [0.15, 0.2) is 75.8 Å². The molecule has 0 radical (unpaired) electrons. The number of likely N-dealkylation sites (N-methyl/N-ethyl adjacent to an activating group) is 1. The Morgan fingerprint density at radius 1 is 0.840 bits per heavy atom. The van der Waals surface area contributed by atoms with Gasteiger partial charge in [-0.1, -0.05) is 87.6 Å². The number of halogens is 4. The maximum absolute atomic E-state index is 14.5. The largest absolute Gasteiger partial charge is 0.477 e. The zero-order valence-corrected chi connectivity index (χ0v) is 30.2. The van der Waals surface area contributed by atoms with Gasteiger partial charge in [-0.25, -0.2) is 9.18 Å². The normalized spacial score (nSPS) is 17.3. The van der Waals surface area contributed by atoms with Gasteiger partial charge in [0.1, 0.15) is 39.9 Å². The number of carboxylic acids is 1. The summed E-state index contributed by atoms with van der Waals surface area (Å²) in [6.45, 7) is 3.17. The van der Waals surface area contributed by atoms with E-state index in [0.717, 1.165) is 32.1 Å². The molecule has 2 aromatic heterocycles. The van der Waals surface area contributed by atoms with Crippen LogP contribution in [0.25, 0.3) is 22.5 Å². The predicted octanol–water partition coefficient (Wildman–Crippen LogP) is 9.31. The van der Waals surface area contributed by atoms with E-state index in [9.17, 15) is 14.0 Å². The van der Waals surface area contributed by atoms with Gasteiger partial charge in [0.15, 0.2) is 0 Å². The predicted molar refractivity (Wildman–Crippen MR) is 192 cm³/mol. The Hall–Kier alpha value is -4.22. The number of benzene rings is 3. The molecule has 6 rings (SSSR count). The lowest BCUT2D eigenvalue weighted by Gasteiger charge is -2.45. The minimum atomic E-state index is -1.13. The van der Waals surface area contributed by atoms with Crippen molar-refractivity contribution < 1.29 is 28.1 Å². The number of nitrogens with zero attached hydrogens (tertiary/aromatic N) is 3. The number of carbonyl (C=O) groups excluding carboxylic acids is 1. The van der Waals surface area contributed by atoms with Crippen LogP contribution in [0, 0.1) is 19.7 Å². The molecule has 0 aliphatic heterocycles. The van der Waals surface area contributed by atoms with Crippen LogP contribution >= 0.6 is 34.8 Å². The Morgan fingerprint density at radius 2 is 1.36 bits per heavy atom. The van der Waals surface area contributed by atoms with Crippen molar-refractivity contribution in [3.63, 3.8) is 0 Å². The van der Waals surface area contributed by atoms with Gasteiger partial charge in [-0.2, -0.15) is 0 Å². The number of carbonyl (C=O) groups is 2. The van der Waals surface area contributed by atoms with Crippen LogP contribution in [0.3, 0.4) is 0 Å². The van der Waals surface area contributed by atoms with Crippen LogP contribution in [0.4, 0.5) is 4.39 Å². The van der Waals surface area contributed by atoms with E-state index in [4.69, 9.17) is 49.0 Å². The molecule has 2 heterocycles. The van der Waals surface area contributed by atoms with Crippen LogP contribution in [-0.2, 0) is 6.42 Å². The number of hydrogen-bond donors (Lipinski definition) is 2. The molecule has 5 aromatic rings. The van der Waals surface area contributed by atoms with Gasteiger partial charge >= 0.3 is 5.97 Å². The fraction of sp³-hybridized carbons (Fsp3) is 0.297. The average molecular weight is 742 g/mol. The second kappa shape index (κ2) is 15.8. The highest BCUT2D eigenvalue weighted by atomic mass is 35.5. The SMILES string of the molecule is Cc1onc(-c2c(Cl)cccc2Cl)c1C(=O)O.Cc1onc(-c2c(F)cccc2Cl)c1C(=O)NC1CCC(Cc2ccccc2)(N(C)C)CC1. The maximum atomic E-state index is 14.5. The third-order valence-corrected chi connectivity index (χ3v) is 10.1. The summed E-state index contributed by atoms with van der Waals surface area (Å²) in [6.07, 6.45) is 4.62. The zero-order chi connectivity index (χ0) is 36.2. The molecular formula is C37H36Cl3FN4O5. The summed E-state index contributed by atoms with van der Waals surface area (Å²) in [7, 11) is 4.26. The number of hydrogen-bond acceptors (Lipinski definition) is 7. The summed E-state index contributed by atoms with van der Waals surface area (Å²) in [5.41, 5.74) is 2.31. The molecule has 1 amide bonds. The molecule has 1 saturated carbocycles. The molecule has 1 aliphatic carbocycles. The fourth-order valence-corrected chi connectivity index (χ4v) is 7.20. The third kappa shape index (κ3) is 7.89. The molecule has 1 fully saturated rings. The minimum absolute atomic E-state index is 0.0274. The van der Waals surface area contributed by atoms with Gasteiger partial charge in [0.05, 0.1) is 20.6 Å². The first kappa shape index (κ1) is 37.0. The number of aryl methyl sites for hydroxylation is 2. The summed E-state index contributed by atoms with van der Waals surface area (Å²) < 4.78 is 24.6. The fourth-order valence-electron chi connectivity index (χ4n) is 6.37. The van der Waals surface area contributed by atoms with Crippen molar-refractivity contribution >= 4 is 46.7 Å². The van der Waals surface area contributed by atoms with Crippen molar-refractivity contribution in [3.05, 3.63) is 116 Å². The highest BCUT2D eigenvalue weighted by Gasteiger charge is 2.38. The first-order chi connectivity index (χ1) is 23.8. The quantitative estimate of drug-likeness (QED) is 0.161. The molecule has 0 bridgehead atoms. The molecule has 262 valence electrons. The summed E-state index contributed by atoms with van der Waals surface area (Å²) >= 11 is 18.2. The smallest absolute Gasteiger partial charge is 0.341 e. The molecule has 0 spiro atoms. The van der Waals surface area contributed by atoms with Crippen LogP contribution < -0.4 is 5.32 Å². The van der Waals surface area contributed by atoms with Crippen LogP contribution in [0.2, 0.25) is 15.1 Å². The summed E-state index contributed by atoms with van der Waals surface area (Å²) in [5, 5.41) is 20.7. The molecule has 1 aliphatic rings. The van der Waals surface area contributed by atoms with E-state index in [1.54, 1.807) is 31.2 Å². The average Bonchev–Trinajstić information content (AvgIpc) is 3.64. The highest BCUT2D eigenvalue weighted by molar-refractivity contribution is 6.39. The van der Waals surface area contributed by atoms with Gasteiger partial charge in [0.25, 0.3) is 5.91 Å². The van der Waals surface area contributed by atoms with Crippen molar-refractivity contribution in [2.75, 3.05) is 14.1 Å². The molecule has 0 unspecified atom stereocenters. The lowest BCUT2D eigenvalue weighted by molar-refractivity contribution is 0.0695. The van der Waals surface area contributed by atoms with E-state index in [0.29, 0.717) is 21.4 Å². The van der Waals surface area contributed by atoms with Crippen molar-refractivity contribution in [1.82, 2.24) is 20.5 Å². The maximum Gasteiger partial charge on any atom is 0.341 e. The Bertz CT molecular complexity index is 1950. The number of amides is 1. The van der Waals surface area contributed by atoms with Gasteiger partial charge in [-0.05, 0) is 89.9 Å². The molecule has 50 heavy (non-hydrogen) atoms. The van der Waals surface area contributed by atoms with Crippen molar-refractivity contribution in [1.29, 1.82) is 0 Å². The second-order valence-corrected chi connectivity index (χ2v) is 13.7.